The predicted molar refractivity (Wildman–Crippen MR) is 83.0 cm³/mol. The zero-order valence-electron chi connectivity index (χ0n) is 12.4. The van der Waals surface area contributed by atoms with E-state index in [2.05, 4.69) is 27.5 Å². The standard InChI is InChI=1S/C13H24N4O2S/c1-4-7-11-12(14-5-2)16-10-17-13(11)15-8-9-20(18,19)6-3/h10H,4-9H2,1-3H3,(H2,14,15,16,17). The molecule has 1 heterocycles. The summed E-state index contributed by atoms with van der Waals surface area (Å²) in [5, 5.41) is 6.33. The van der Waals surface area contributed by atoms with Gasteiger partial charge in [-0.1, -0.05) is 20.3 Å². The number of nitrogens with zero attached hydrogens (tertiary/aromatic N) is 2. The number of hydrogen-bond donors (Lipinski definition) is 2. The molecule has 0 saturated carbocycles. The Kier molecular flexibility index (Phi) is 6.70. The number of sulfone groups is 1. The van der Waals surface area contributed by atoms with Gasteiger partial charge in [0.1, 0.15) is 18.0 Å². The van der Waals surface area contributed by atoms with Gasteiger partial charge in [-0.3, -0.25) is 0 Å². The number of aromatic nitrogens is 2. The predicted octanol–water partition coefficient (Wildman–Crippen LogP) is 1.71. The maximum absolute atomic E-state index is 11.5. The average molecular weight is 300 g/mol. The molecule has 1 aromatic heterocycles. The fraction of sp³-hybridized carbons (Fsp3) is 0.692. The molecule has 0 amide bonds. The fourth-order valence-electron chi connectivity index (χ4n) is 1.84. The topological polar surface area (TPSA) is 84.0 Å². The highest BCUT2D eigenvalue weighted by Gasteiger charge is 2.11. The summed E-state index contributed by atoms with van der Waals surface area (Å²) in [6, 6.07) is 0. The molecule has 1 rings (SSSR count). The van der Waals surface area contributed by atoms with E-state index in [1.165, 1.54) is 6.33 Å². The highest BCUT2D eigenvalue weighted by Crippen LogP contribution is 2.21. The normalized spacial score (nSPS) is 11.3. The molecule has 2 N–H and O–H groups in total. The third-order valence-corrected chi connectivity index (χ3v) is 4.64. The van der Waals surface area contributed by atoms with Gasteiger partial charge in [0.25, 0.3) is 0 Å². The van der Waals surface area contributed by atoms with E-state index < -0.39 is 9.84 Å². The lowest BCUT2D eigenvalue weighted by atomic mass is 10.1. The van der Waals surface area contributed by atoms with Gasteiger partial charge >= 0.3 is 0 Å². The van der Waals surface area contributed by atoms with Crippen molar-refractivity contribution < 1.29 is 8.42 Å². The van der Waals surface area contributed by atoms with Crippen LogP contribution in [-0.4, -0.2) is 43.0 Å². The molecule has 0 aliphatic heterocycles. The van der Waals surface area contributed by atoms with E-state index in [9.17, 15) is 8.42 Å². The van der Waals surface area contributed by atoms with Crippen LogP contribution < -0.4 is 10.6 Å². The lowest BCUT2D eigenvalue weighted by Gasteiger charge is -2.14. The van der Waals surface area contributed by atoms with Crippen molar-refractivity contribution >= 4 is 21.5 Å². The Morgan fingerprint density at radius 3 is 2.30 bits per heavy atom. The summed E-state index contributed by atoms with van der Waals surface area (Å²) in [6.45, 7) is 6.92. The molecule has 0 radical (unpaired) electrons. The lowest BCUT2D eigenvalue weighted by Crippen LogP contribution is -2.19. The Hall–Kier alpha value is -1.37. The van der Waals surface area contributed by atoms with Crippen LogP contribution in [0.1, 0.15) is 32.8 Å². The molecule has 0 aromatic carbocycles. The molecule has 0 fully saturated rings. The van der Waals surface area contributed by atoms with Crippen molar-refractivity contribution in [3.8, 4) is 0 Å². The monoisotopic (exact) mass is 300 g/mol. The molecule has 0 atom stereocenters. The molecular weight excluding hydrogens is 276 g/mol. The molecule has 0 saturated heterocycles. The van der Waals surface area contributed by atoms with Crippen molar-refractivity contribution in [2.45, 2.75) is 33.6 Å². The van der Waals surface area contributed by atoms with Gasteiger partial charge in [0.2, 0.25) is 0 Å². The van der Waals surface area contributed by atoms with E-state index in [0.29, 0.717) is 6.54 Å². The minimum absolute atomic E-state index is 0.121. The summed E-state index contributed by atoms with van der Waals surface area (Å²) in [6.07, 6.45) is 3.33. The van der Waals surface area contributed by atoms with Crippen LogP contribution in [0, 0.1) is 0 Å². The van der Waals surface area contributed by atoms with Crippen LogP contribution >= 0.6 is 0 Å². The van der Waals surface area contributed by atoms with Gasteiger partial charge < -0.3 is 10.6 Å². The summed E-state index contributed by atoms with van der Waals surface area (Å²) in [4.78, 5) is 8.47. The second-order valence-electron chi connectivity index (χ2n) is 4.49. The minimum Gasteiger partial charge on any atom is -0.370 e. The molecule has 114 valence electrons. The van der Waals surface area contributed by atoms with E-state index in [-0.39, 0.29) is 11.5 Å². The molecule has 0 spiro atoms. The number of anilines is 2. The van der Waals surface area contributed by atoms with Gasteiger partial charge in [0, 0.05) is 24.4 Å². The SMILES string of the molecule is CCCc1c(NCC)ncnc1NCCS(=O)(=O)CC. The van der Waals surface area contributed by atoms with E-state index in [4.69, 9.17) is 0 Å². The van der Waals surface area contributed by atoms with Crippen molar-refractivity contribution in [3.63, 3.8) is 0 Å². The summed E-state index contributed by atoms with van der Waals surface area (Å²) < 4.78 is 23.0. The summed E-state index contributed by atoms with van der Waals surface area (Å²) >= 11 is 0. The van der Waals surface area contributed by atoms with E-state index in [1.807, 2.05) is 6.92 Å². The van der Waals surface area contributed by atoms with Gasteiger partial charge in [0.15, 0.2) is 9.84 Å². The zero-order chi connectivity index (χ0) is 15.0. The minimum atomic E-state index is -2.96. The largest absolute Gasteiger partial charge is 0.370 e. The molecule has 6 nitrogen and oxygen atoms in total. The smallest absolute Gasteiger partial charge is 0.151 e. The van der Waals surface area contributed by atoms with Crippen LogP contribution in [0.25, 0.3) is 0 Å². The van der Waals surface area contributed by atoms with Gasteiger partial charge in [-0.2, -0.15) is 0 Å². The summed E-state index contributed by atoms with van der Waals surface area (Å²) in [7, 11) is -2.96. The third-order valence-electron chi connectivity index (χ3n) is 2.93. The highest BCUT2D eigenvalue weighted by molar-refractivity contribution is 7.91. The van der Waals surface area contributed by atoms with Crippen molar-refractivity contribution in [2.75, 3.05) is 35.2 Å². The van der Waals surface area contributed by atoms with Gasteiger partial charge in [-0.05, 0) is 13.3 Å². The first-order valence-electron chi connectivity index (χ1n) is 7.06. The third kappa shape index (κ3) is 4.96. The molecule has 0 unspecified atom stereocenters. The zero-order valence-corrected chi connectivity index (χ0v) is 13.3. The van der Waals surface area contributed by atoms with Gasteiger partial charge in [-0.25, -0.2) is 18.4 Å². The number of nitrogens with one attached hydrogen (secondary N) is 2. The van der Waals surface area contributed by atoms with Crippen LogP contribution in [0.5, 0.6) is 0 Å². The van der Waals surface area contributed by atoms with Crippen molar-refractivity contribution in [1.29, 1.82) is 0 Å². The average Bonchev–Trinajstić information content (AvgIpc) is 2.42. The quantitative estimate of drug-likeness (QED) is 0.722. The molecule has 0 bridgehead atoms. The highest BCUT2D eigenvalue weighted by atomic mass is 32.2. The first-order chi connectivity index (χ1) is 9.54. The van der Waals surface area contributed by atoms with E-state index in [1.54, 1.807) is 6.92 Å². The van der Waals surface area contributed by atoms with Crippen LogP contribution in [-0.2, 0) is 16.3 Å². The first kappa shape index (κ1) is 16.7. The molecule has 0 aliphatic rings. The molecular formula is C13H24N4O2S. The summed E-state index contributed by atoms with van der Waals surface area (Å²) in [5.41, 5.74) is 1.02. The van der Waals surface area contributed by atoms with Gasteiger partial charge in [-0.15, -0.1) is 0 Å². The molecule has 1 aromatic rings. The number of rotatable bonds is 9. The van der Waals surface area contributed by atoms with Crippen LogP contribution in [0.2, 0.25) is 0 Å². The number of hydrogen-bond acceptors (Lipinski definition) is 6. The second kappa shape index (κ2) is 8.04. The first-order valence-corrected chi connectivity index (χ1v) is 8.88. The maximum Gasteiger partial charge on any atom is 0.151 e. The molecule has 0 aliphatic carbocycles. The van der Waals surface area contributed by atoms with Crippen molar-refractivity contribution in [3.05, 3.63) is 11.9 Å². The lowest BCUT2D eigenvalue weighted by molar-refractivity contribution is 0.597. The van der Waals surface area contributed by atoms with Gasteiger partial charge in [0.05, 0.1) is 5.75 Å². The Bertz CT molecular complexity index is 517. The molecule has 20 heavy (non-hydrogen) atoms. The van der Waals surface area contributed by atoms with Crippen LogP contribution in [0.15, 0.2) is 6.33 Å². The van der Waals surface area contributed by atoms with E-state index >= 15 is 0 Å². The van der Waals surface area contributed by atoms with Crippen molar-refractivity contribution in [2.24, 2.45) is 0 Å². The Labute approximate surface area is 121 Å². The summed E-state index contributed by atoms with van der Waals surface area (Å²) in [5.74, 6) is 1.84. The maximum atomic E-state index is 11.5. The second-order valence-corrected chi connectivity index (χ2v) is 6.97. The molecule has 7 heteroatoms. The van der Waals surface area contributed by atoms with Crippen molar-refractivity contribution in [1.82, 2.24) is 9.97 Å². The Morgan fingerprint density at radius 2 is 1.75 bits per heavy atom. The Morgan fingerprint density at radius 1 is 1.10 bits per heavy atom. The Balaban J connectivity index is 2.80. The van der Waals surface area contributed by atoms with Crippen LogP contribution in [0.4, 0.5) is 11.6 Å². The van der Waals surface area contributed by atoms with Crippen LogP contribution in [0.3, 0.4) is 0 Å². The van der Waals surface area contributed by atoms with E-state index in [0.717, 1.165) is 36.6 Å². The fourth-order valence-corrected chi connectivity index (χ4v) is 2.54.